The molecule has 11 rings (SSSR count). The molecule has 0 aliphatic carbocycles. The van der Waals surface area contributed by atoms with Crippen LogP contribution >= 0.6 is 0 Å². The fourth-order valence-electron chi connectivity index (χ4n) is 9.67. The zero-order valence-corrected chi connectivity index (χ0v) is 44.1. The van der Waals surface area contributed by atoms with Gasteiger partial charge in [0.05, 0.1) is 23.6 Å². The van der Waals surface area contributed by atoms with E-state index in [0.717, 1.165) is 78.5 Å². The van der Waals surface area contributed by atoms with Gasteiger partial charge in [-0.05, 0) is 90.9 Å². The second kappa shape index (κ2) is 19.4. The summed E-state index contributed by atoms with van der Waals surface area (Å²) < 4.78 is 57.2. The van der Waals surface area contributed by atoms with Gasteiger partial charge in [0.25, 0.3) is 6.33 Å². The van der Waals surface area contributed by atoms with Crippen molar-refractivity contribution in [3.8, 4) is 62.1 Å². The number of hydrogen-bond acceptors (Lipinski definition) is 2. The van der Waals surface area contributed by atoms with Gasteiger partial charge in [-0.15, -0.1) is 29.7 Å². The van der Waals surface area contributed by atoms with Gasteiger partial charge in [-0.2, -0.15) is 18.2 Å². The summed E-state index contributed by atoms with van der Waals surface area (Å²) in [6, 6.07) is 56.6. The SMILES string of the molecule is [2H]c1c([2H])c([2H])c(-c2cccc(-c3cc(C(C)(C)C)cc(C(C)(C)C)c3)c2-[n+]2[c-]n(-c3[c-]c(Oc4[c-]c5c(cc4)c4ccccc4n5-c4cc(CC(C)C)c(-c5ccccc5)cn4)ccc3)c3ccccc32)c([2H])c1[2H].[Pt]. The van der Waals surface area contributed by atoms with E-state index >= 15 is 0 Å². The third-order valence-electron chi connectivity index (χ3n) is 13.3. The van der Waals surface area contributed by atoms with Crippen LogP contribution in [0.25, 0.3) is 83.4 Å². The van der Waals surface area contributed by atoms with E-state index in [1.807, 2.05) is 88.1 Å². The van der Waals surface area contributed by atoms with Gasteiger partial charge >= 0.3 is 0 Å². The Hall–Kier alpha value is -7.33. The van der Waals surface area contributed by atoms with Crippen LogP contribution in [0.15, 0.2) is 188 Å². The van der Waals surface area contributed by atoms with Crippen molar-refractivity contribution >= 4 is 32.8 Å². The van der Waals surface area contributed by atoms with E-state index in [9.17, 15) is 2.74 Å². The van der Waals surface area contributed by atoms with Gasteiger partial charge in [-0.1, -0.05) is 200 Å². The average molecular weight is 1120 g/mol. The minimum Gasteiger partial charge on any atom is -0.510 e. The molecule has 72 heavy (non-hydrogen) atoms. The minimum absolute atomic E-state index is 0. The predicted octanol–water partition coefficient (Wildman–Crippen LogP) is 16.4. The number of nitrogens with zero attached hydrogens (tertiary/aromatic N) is 4. The van der Waals surface area contributed by atoms with Crippen LogP contribution in [-0.4, -0.2) is 14.1 Å². The molecule has 11 aromatic rings. The topological polar surface area (TPSA) is 35.9 Å². The average Bonchev–Trinajstić information content (AvgIpc) is 3.99. The second-order valence-corrected chi connectivity index (χ2v) is 20.9. The second-order valence-electron chi connectivity index (χ2n) is 20.9. The molecule has 0 unspecified atom stereocenters. The fourth-order valence-corrected chi connectivity index (χ4v) is 9.67. The van der Waals surface area contributed by atoms with Crippen LogP contribution in [0.4, 0.5) is 0 Å². The van der Waals surface area contributed by atoms with Crippen LogP contribution in [0.1, 0.15) is 78.9 Å². The van der Waals surface area contributed by atoms with Crippen molar-refractivity contribution in [3.63, 3.8) is 0 Å². The summed E-state index contributed by atoms with van der Waals surface area (Å²) in [6.45, 7) is 17.7. The van der Waals surface area contributed by atoms with Gasteiger partial charge in [-0.25, -0.2) is 4.98 Å². The van der Waals surface area contributed by atoms with Gasteiger partial charge in [0.1, 0.15) is 5.82 Å². The smallest absolute Gasteiger partial charge is 0.268 e. The predicted molar refractivity (Wildman–Crippen MR) is 292 cm³/mol. The first-order valence-corrected chi connectivity index (χ1v) is 24.4. The Labute approximate surface area is 445 Å². The molecule has 0 bridgehead atoms. The third kappa shape index (κ3) is 9.23. The van der Waals surface area contributed by atoms with E-state index in [1.54, 1.807) is 0 Å². The molecule has 0 saturated heterocycles. The summed E-state index contributed by atoms with van der Waals surface area (Å²) in [5, 5.41) is 2.12. The number of rotatable bonds is 10. The van der Waals surface area contributed by atoms with Crippen LogP contribution in [0.5, 0.6) is 11.5 Å². The molecule has 0 atom stereocenters. The van der Waals surface area contributed by atoms with Crippen LogP contribution in [0.2, 0.25) is 0 Å². The van der Waals surface area contributed by atoms with Crippen molar-refractivity contribution in [1.82, 2.24) is 14.1 Å². The number of hydrogen-bond donors (Lipinski definition) is 0. The number of ether oxygens (including phenoxy) is 1. The van der Waals surface area contributed by atoms with Gasteiger partial charge in [0.15, 0.2) is 0 Å². The summed E-state index contributed by atoms with van der Waals surface area (Å²) in [5.41, 5.74) is 12.4. The van der Waals surface area contributed by atoms with E-state index in [2.05, 4.69) is 157 Å². The maximum atomic E-state index is 9.23. The van der Waals surface area contributed by atoms with Gasteiger partial charge in [0.2, 0.25) is 0 Å². The van der Waals surface area contributed by atoms with E-state index < -0.39 is 18.1 Å². The number of benzene rings is 8. The Balaban J connectivity index is 0.00000672. The van der Waals surface area contributed by atoms with E-state index in [4.69, 9.17) is 13.8 Å². The van der Waals surface area contributed by atoms with Crippen molar-refractivity contribution in [2.45, 2.75) is 72.6 Å². The molecule has 8 aromatic carbocycles. The summed E-state index contributed by atoms with van der Waals surface area (Å²) in [6.07, 6.45) is 6.57. The quantitative estimate of drug-likeness (QED) is 0.101. The number of fused-ring (bicyclic) bond motifs is 4. The van der Waals surface area contributed by atoms with E-state index in [-0.39, 0.29) is 49.5 Å². The van der Waals surface area contributed by atoms with Gasteiger partial charge in [-0.3, -0.25) is 4.57 Å². The monoisotopic (exact) mass is 1120 g/mol. The van der Waals surface area contributed by atoms with E-state index in [0.29, 0.717) is 34.4 Å². The number of pyridine rings is 1. The van der Waals surface area contributed by atoms with Crippen LogP contribution < -0.4 is 9.30 Å². The van der Waals surface area contributed by atoms with Crippen molar-refractivity contribution < 1.29 is 37.2 Å². The normalized spacial score (nSPS) is 12.9. The molecule has 3 heterocycles. The molecule has 0 saturated carbocycles. The van der Waals surface area contributed by atoms with Crippen molar-refractivity contribution in [1.29, 1.82) is 0 Å². The maximum absolute atomic E-state index is 9.23. The third-order valence-corrected chi connectivity index (χ3v) is 13.3. The van der Waals surface area contributed by atoms with Crippen molar-refractivity contribution in [3.05, 3.63) is 223 Å². The summed E-state index contributed by atoms with van der Waals surface area (Å²) >= 11 is 0. The van der Waals surface area contributed by atoms with Crippen molar-refractivity contribution in [2.24, 2.45) is 5.92 Å². The Bertz CT molecular complexity index is 4010. The summed E-state index contributed by atoms with van der Waals surface area (Å²) in [4.78, 5) is 5.11. The molecule has 5 nitrogen and oxygen atoms in total. The fraction of sp³-hybridized carbons (Fsp3) is 0.182. The van der Waals surface area contributed by atoms with Crippen molar-refractivity contribution in [2.75, 3.05) is 0 Å². The van der Waals surface area contributed by atoms with Crippen LogP contribution in [0, 0.1) is 24.4 Å². The molecule has 360 valence electrons. The Morgan fingerprint density at radius 3 is 1.99 bits per heavy atom. The molecule has 0 radical (unpaired) electrons. The van der Waals surface area contributed by atoms with Crippen LogP contribution in [-0.2, 0) is 38.3 Å². The molecule has 0 N–H and O–H groups in total. The Morgan fingerprint density at radius 1 is 0.611 bits per heavy atom. The number of aromatic nitrogens is 4. The Morgan fingerprint density at radius 2 is 1.26 bits per heavy atom. The molecule has 0 fully saturated rings. The first-order valence-electron chi connectivity index (χ1n) is 26.9. The molecule has 6 heteroatoms. The summed E-state index contributed by atoms with van der Waals surface area (Å²) in [7, 11) is 0. The molecular weight excluding hydrogens is 1060 g/mol. The zero-order chi connectivity index (χ0) is 53.4. The number of imidazole rings is 1. The maximum Gasteiger partial charge on any atom is 0.268 e. The largest absolute Gasteiger partial charge is 0.510 e. The molecular formula is C66H58N4OPt-2. The van der Waals surface area contributed by atoms with Gasteiger partial charge in [0, 0.05) is 49.8 Å². The standard InChI is InChI=1S/C66H58N4O.Pt/c1-44(2)35-47-38-63(67-42-58(47)46-23-13-10-14-24-46)70-59-30-16-15-27-56(59)57-34-33-53(41-62(57)70)71-52-26-19-25-51(40-52)68-43-69(61-32-18-17-31-60(61)68)64-54(45-21-11-9-12-22-45)28-20-29-55(64)48-36-49(65(3,4)5)39-50(37-48)66(6,7)8;/h9-34,36-39,42,44H,35H2,1-8H3;/q-2;/i9D,11D,12D,21D,22D;. The first kappa shape index (κ1) is 42.4. The minimum atomic E-state index is -0.445. The van der Waals surface area contributed by atoms with E-state index in [1.165, 1.54) is 5.56 Å². The van der Waals surface area contributed by atoms with Crippen LogP contribution in [0.3, 0.4) is 0 Å². The molecule has 0 aliphatic rings. The Kier molecular flexibility index (Phi) is 11.4. The molecule has 0 spiro atoms. The summed E-state index contributed by atoms with van der Waals surface area (Å²) in [5.74, 6) is 2.21. The number of para-hydroxylation sites is 4. The zero-order valence-electron chi connectivity index (χ0n) is 46.8. The first-order chi connectivity index (χ1) is 36.3. The molecule has 0 aliphatic heterocycles. The van der Waals surface area contributed by atoms with Gasteiger partial charge < -0.3 is 13.9 Å². The molecule has 0 amide bonds. The molecule has 3 aromatic heterocycles.